The smallest absolute Gasteiger partial charge is 0.255 e. The quantitative estimate of drug-likeness (QED) is 0.796. The van der Waals surface area contributed by atoms with E-state index in [4.69, 9.17) is 0 Å². The molecule has 2 N–H and O–H groups in total. The number of carbonyl (C=O) groups is 2. The van der Waals surface area contributed by atoms with Crippen LogP contribution in [-0.4, -0.2) is 38.6 Å². The van der Waals surface area contributed by atoms with Gasteiger partial charge in [0.15, 0.2) is 0 Å². The fourth-order valence-corrected chi connectivity index (χ4v) is 3.32. The molecule has 8 heteroatoms. The van der Waals surface area contributed by atoms with Gasteiger partial charge < -0.3 is 10.6 Å². The molecule has 2 aromatic rings. The zero-order valence-electron chi connectivity index (χ0n) is 15.1. The molecule has 0 spiro atoms. The highest BCUT2D eigenvalue weighted by atomic mass is 32.2. The molecule has 0 aromatic heterocycles. The Hall–Kier alpha value is -2.71. The lowest BCUT2D eigenvalue weighted by atomic mass is 10.2. The van der Waals surface area contributed by atoms with Gasteiger partial charge in [-0.3, -0.25) is 9.59 Å². The first-order valence-electron chi connectivity index (χ1n) is 8.52. The molecule has 1 saturated carbocycles. The number of hydrogen-bond donors (Lipinski definition) is 2. The molecule has 0 atom stereocenters. The van der Waals surface area contributed by atoms with Crippen LogP contribution in [0, 0.1) is 5.92 Å². The highest BCUT2D eigenvalue weighted by molar-refractivity contribution is 7.89. The van der Waals surface area contributed by atoms with E-state index >= 15 is 0 Å². The van der Waals surface area contributed by atoms with E-state index in [2.05, 4.69) is 10.6 Å². The van der Waals surface area contributed by atoms with Crippen LogP contribution in [0.3, 0.4) is 0 Å². The highest BCUT2D eigenvalue weighted by Crippen LogP contribution is 2.30. The maximum Gasteiger partial charge on any atom is 0.255 e. The predicted octanol–water partition coefficient (Wildman–Crippen LogP) is 2.54. The Bertz CT molecular complexity index is 947. The lowest BCUT2D eigenvalue weighted by Gasteiger charge is -2.12. The van der Waals surface area contributed by atoms with Crippen LogP contribution >= 0.6 is 0 Å². The average molecular weight is 387 g/mol. The summed E-state index contributed by atoms with van der Waals surface area (Å²) in [5.41, 5.74) is 1.58. The topological polar surface area (TPSA) is 95.6 Å². The third kappa shape index (κ3) is 4.53. The third-order valence-corrected chi connectivity index (χ3v) is 6.08. The second-order valence-corrected chi connectivity index (χ2v) is 8.76. The molecule has 3 rings (SSSR count). The lowest BCUT2D eigenvalue weighted by molar-refractivity contribution is -0.117. The molecule has 0 aliphatic heterocycles. The van der Waals surface area contributed by atoms with Crippen molar-refractivity contribution in [1.82, 2.24) is 4.31 Å². The van der Waals surface area contributed by atoms with E-state index in [9.17, 15) is 18.0 Å². The van der Waals surface area contributed by atoms with Crippen LogP contribution in [0.2, 0.25) is 0 Å². The van der Waals surface area contributed by atoms with Gasteiger partial charge in [0.1, 0.15) is 0 Å². The van der Waals surface area contributed by atoms with Gasteiger partial charge >= 0.3 is 0 Å². The first-order valence-corrected chi connectivity index (χ1v) is 9.96. The van der Waals surface area contributed by atoms with Gasteiger partial charge in [0.05, 0.1) is 4.90 Å². The van der Waals surface area contributed by atoms with Crippen molar-refractivity contribution in [2.24, 2.45) is 5.92 Å². The predicted molar refractivity (Wildman–Crippen MR) is 103 cm³/mol. The second kappa shape index (κ2) is 7.50. The molecule has 1 aliphatic carbocycles. The summed E-state index contributed by atoms with van der Waals surface area (Å²) in [5.74, 6) is -0.189. The van der Waals surface area contributed by atoms with Crippen LogP contribution in [0.4, 0.5) is 11.4 Å². The number of benzene rings is 2. The number of nitrogens with one attached hydrogen (secondary N) is 2. The number of amides is 2. The van der Waals surface area contributed by atoms with Crippen molar-refractivity contribution in [3.8, 4) is 0 Å². The number of sulfonamides is 1. The molecule has 7 nitrogen and oxygen atoms in total. The number of carbonyl (C=O) groups excluding carboxylic acids is 2. The zero-order chi connectivity index (χ0) is 19.6. The number of hydrogen-bond acceptors (Lipinski definition) is 4. The van der Waals surface area contributed by atoms with Gasteiger partial charge in [-0.15, -0.1) is 0 Å². The van der Waals surface area contributed by atoms with Gasteiger partial charge in [-0.1, -0.05) is 0 Å². The monoisotopic (exact) mass is 387 g/mol. The fraction of sp³-hybridized carbons (Fsp3) is 0.263. The zero-order valence-corrected chi connectivity index (χ0v) is 15.9. The average Bonchev–Trinajstić information content (AvgIpc) is 3.48. The molecule has 2 amide bonds. The number of nitrogens with zero attached hydrogens (tertiary/aromatic N) is 1. The van der Waals surface area contributed by atoms with E-state index in [1.54, 1.807) is 36.4 Å². The molecular formula is C19H21N3O4S. The third-order valence-electron chi connectivity index (χ3n) is 4.25. The lowest BCUT2D eigenvalue weighted by Crippen LogP contribution is -2.22. The molecule has 27 heavy (non-hydrogen) atoms. The first-order chi connectivity index (χ1) is 12.8. The maximum absolute atomic E-state index is 12.3. The van der Waals surface area contributed by atoms with Crippen LogP contribution in [0.25, 0.3) is 0 Å². The second-order valence-electron chi connectivity index (χ2n) is 6.61. The molecular weight excluding hydrogens is 366 g/mol. The Labute approximate surface area is 158 Å². The summed E-state index contributed by atoms with van der Waals surface area (Å²) in [6, 6.07) is 12.6. The minimum Gasteiger partial charge on any atom is -0.326 e. The van der Waals surface area contributed by atoms with Gasteiger partial charge in [0.2, 0.25) is 15.9 Å². The van der Waals surface area contributed by atoms with Gasteiger partial charge in [-0.2, -0.15) is 0 Å². The Morgan fingerprint density at radius 1 is 0.889 bits per heavy atom. The van der Waals surface area contributed by atoms with Crippen molar-refractivity contribution >= 4 is 33.2 Å². The minimum atomic E-state index is -3.50. The molecule has 1 aliphatic rings. The first kappa shape index (κ1) is 19.1. The summed E-state index contributed by atoms with van der Waals surface area (Å²) in [5, 5.41) is 5.54. The fourth-order valence-electron chi connectivity index (χ4n) is 2.42. The molecule has 0 heterocycles. The largest absolute Gasteiger partial charge is 0.326 e. The van der Waals surface area contributed by atoms with Gasteiger partial charge in [-0.25, -0.2) is 12.7 Å². The van der Waals surface area contributed by atoms with Crippen molar-refractivity contribution in [3.05, 3.63) is 54.1 Å². The summed E-state index contributed by atoms with van der Waals surface area (Å²) in [6.07, 6.45) is 1.86. The Balaban J connectivity index is 1.63. The number of rotatable bonds is 6. The van der Waals surface area contributed by atoms with E-state index in [1.807, 2.05) is 0 Å². The van der Waals surface area contributed by atoms with E-state index in [-0.39, 0.29) is 22.6 Å². The minimum absolute atomic E-state index is 0.0139. The van der Waals surface area contributed by atoms with Crippen molar-refractivity contribution < 1.29 is 18.0 Å². The summed E-state index contributed by atoms with van der Waals surface area (Å²) >= 11 is 0. The van der Waals surface area contributed by atoms with Gasteiger partial charge in [0.25, 0.3) is 5.91 Å². The highest BCUT2D eigenvalue weighted by Gasteiger charge is 2.29. The maximum atomic E-state index is 12.3. The van der Waals surface area contributed by atoms with Crippen LogP contribution < -0.4 is 10.6 Å². The van der Waals surface area contributed by atoms with E-state index in [0.717, 1.165) is 17.1 Å². The Kier molecular flexibility index (Phi) is 5.29. The molecule has 1 fully saturated rings. The van der Waals surface area contributed by atoms with Crippen LogP contribution in [-0.2, 0) is 14.8 Å². The summed E-state index contributed by atoms with van der Waals surface area (Å²) in [7, 11) is -0.585. The van der Waals surface area contributed by atoms with Crippen LogP contribution in [0.5, 0.6) is 0 Å². The summed E-state index contributed by atoms with van der Waals surface area (Å²) in [6.45, 7) is 0. The summed E-state index contributed by atoms with van der Waals surface area (Å²) in [4.78, 5) is 24.2. The molecule has 0 saturated heterocycles. The van der Waals surface area contributed by atoms with Crippen LogP contribution in [0.1, 0.15) is 23.2 Å². The Morgan fingerprint density at radius 2 is 1.41 bits per heavy atom. The van der Waals surface area contributed by atoms with Crippen molar-refractivity contribution in [2.45, 2.75) is 17.7 Å². The molecule has 2 aromatic carbocycles. The number of anilines is 2. The molecule has 0 unspecified atom stereocenters. The standard InChI is InChI=1S/C19H21N3O4S/c1-22(2)27(25,26)17-11-9-16(10-12-17)21-19(24)14-5-7-15(8-6-14)20-18(23)13-3-4-13/h5-13H,3-4H2,1-2H3,(H,20,23)(H,21,24). The van der Waals surface area contributed by atoms with Crippen molar-refractivity contribution in [2.75, 3.05) is 24.7 Å². The normalized spacial score (nSPS) is 14.0. The van der Waals surface area contributed by atoms with Gasteiger partial charge in [-0.05, 0) is 61.4 Å². The van der Waals surface area contributed by atoms with Crippen LogP contribution in [0.15, 0.2) is 53.4 Å². The van der Waals surface area contributed by atoms with E-state index < -0.39 is 10.0 Å². The van der Waals surface area contributed by atoms with E-state index in [0.29, 0.717) is 16.9 Å². The van der Waals surface area contributed by atoms with Gasteiger partial charge in [0, 0.05) is 37.0 Å². The molecule has 0 radical (unpaired) electrons. The van der Waals surface area contributed by atoms with Crippen molar-refractivity contribution in [1.29, 1.82) is 0 Å². The SMILES string of the molecule is CN(C)S(=O)(=O)c1ccc(NC(=O)c2ccc(NC(=O)C3CC3)cc2)cc1. The summed E-state index contributed by atoms with van der Waals surface area (Å²) < 4.78 is 25.2. The Morgan fingerprint density at radius 3 is 1.93 bits per heavy atom. The molecule has 142 valence electrons. The van der Waals surface area contributed by atoms with E-state index in [1.165, 1.54) is 26.2 Å². The molecule has 0 bridgehead atoms. The van der Waals surface area contributed by atoms with Crippen molar-refractivity contribution in [3.63, 3.8) is 0 Å².